The molecule has 1 rings (SSSR count). The first-order valence-electron chi connectivity index (χ1n) is 6.90. The van der Waals surface area contributed by atoms with Crippen LogP contribution in [0, 0.1) is 5.92 Å². The zero-order valence-electron chi connectivity index (χ0n) is 12.7. The fourth-order valence-corrected chi connectivity index (χ4v) is 2.53. The van der Waals surface area contributed by atoms with Crippen molar-refractivity contribution in [3.8, 4) is 0 Å². The van der Waals surface area contributed by atoms with Crippen LogP contribution < -0.4 is 0 Å². The van der Waals surface area contributed by atoms with E-state index >= 15 is 0 Å². The Kier molecular flexibility index (Phi) is 6.52. The third-order valence-corrected chi connectivity index (χ3v) is 3.52. The van der Waals surface area contributed by atoms with Gasteiger partial charge in [-0.25, -0.2) is 0 Å². The van der Waals surface area contributed by atoms with Crippen molar-refractivity contribution in [1.82, 2.24) is 0 Å². The van der Waals surface area contributed by atoms with E-state index in [1.54, 1.807) is 0 Å². The highest BCUT2D eigenvalue weighted by Gasteiger charge is 2.45. The van der Waals surface area contributed by atoms with E-state index in [4.69, 9.17) is 19.7 Å². The van der Waals surface area contributed by atoms with Crippen molar-refractivity contribution in [1.29, 1.82) is 0 Å². The van der Waals surface area contributed by atoms with Crippen LogP contribution in [0.3, 0.4) is 0 Å². The molecule has 0 aromatic heterocycles. The maximum atomic E-state index is 11.3. The van der Waals surface area contributed by atoms with Crippen LogP contribution in [0.25, 0.3) is 10.4 Å². The van der Waals surface area contributed by atoms with E-state index in [-0.39, 0.29) is 18.6 Å². The van der Waals surface area contributed by atoms with E-state index < -0.39 is 30.2 Å². The van der Waals surface area contributed by atoms with Gasteiger partial charge >= 0.3 is 11.9 Å². The van der Waals surface area contributed by atoms with Crippen LogP contribution in [0.15, 0.2) is 5.11 Å². The van der Waals surface area contributed by atoms with E-state index in [1.165, 1.54) is 13.8 Å². The summed E-state index contributed by atoms with van der Waals surface area (Å²) in [7, 11) is 1.95. The largest absolute Gasteiger partial charge is 0.463 e. The number of azide groups is 1. The smallest absolute Gasteiger partial charge is 0.303 e. The molecular formula is C12H20BN3O5. The highest BCUT2D eigenvalue weighted by molar-refractivity contribution is 6.08. The molecule has 2 unspecified atom stereocenters. The van der Waals surface area contributed by atoms with Gasteiger partial charge in [0.1, 0.15) is 26.7 Å². The van der Waals surface area contributed by atoms with Crippen LogP contribution in [0.1, 0.15) is 20.8 Å². The first-order chi connectivity index (χ1) is 9.90. The van der Waals surface area contributed by atoms with Crippen molar-refractivity contribution in [3.05, 3.63) is 10.4 Å². The number of hydrogen-bond acceptors (Lipinski definition) is 6. The third kappa shape index (κ3) is 4.65. The molecule has 116 valence electrons. The molecule has 1 aliphatic rings. The molecule has 0 spiro atoms. The van der Waals surface area contributed by atoms with Gasteiger partial charge in [0.2, 0.25) is 0 Å². The fourth-order valence-electron chi connectivity index (χ4n) is 2.53. The van der Waals surface area contributed by atoms with Crippen molar-refractivity contribution in [2.24, 2.45) is 11.0 Å². The molecule has 8 nitrogen and oxygen atoms in total. The summed E-state index contributed by atoms with van der Waals surface area (Å²) in [5.41, 5.74) is 8.74. The highest BCUT2D eigenvalue weighted by atomic mass is 16.6. The lowest BCUT2D eigenvalue weighted by molar-refractivity contribution is -0.192. The number of rotatable bonds is 5. The minimum Gasteiger partial charge on any atom is -0.463 e. The minimum absolute atomic E-state index is 0.0477. The zero-order chi connectivity index (χ0) is 16.0. The Morgan fingerprint density at radius 1 is 1.33 bits per heavy atom. The van der Waals surface area contributed by atoms with Crippen LogP contribution >= 0.6 is 0 Å². The number of esters is 2. The number of nitrogens with zero attached hydrogens (tertiary/aromatic N) is 3. The van der Waals surface area contributed by atoms with E-state index in [9.17, 15) is 9.59 Å². The first-order valence-corrected chi connectivity index (χ1v) is 6.90. The van der Waals surface area contributed by atoms with Gasteiger partial charge in [-0.2, -0.15) is 0 Å². The van der Waals surface area contributed by atoms with Gasteiger partial charge in [-0.15, -0.1) is 0 Å². The molecule has 1 aliphatic heterocycles. The van der Waals surface area contributed by atoms with Gasteiger partial charge in [-0.1, -0.05) is 18.4 Å². The molecule has 1 saturated heterocycles. The summed E-state index contributed by atoms with van der Waals surface area (Å²) >= 11 is 0. The Balaban J connectivity index is 3.00. The molecule has 0 radical (unpaired) electrons. The van der Waals surface area contributed by atoms with Gasteiger partial charge in [0, 0.05) is 18.8 Å². The molecular weight excluding hydrogens is 277 g/mol. The normalized spacial score (nSPS) is 31.9. The second kappa shape index (κ2) is 7.90. The Labute approximate surface area is 124 Å². The lowest BCUT2D eigenvalue weighted by Gasteiger charge is -2.43. The SMILES string of the molecule is BC[C@H]1OC(COC(C)=O)[C@H](OC(C)=O)[C@H](N=[N+]=[N-])C1C. The average Bonchev–Trinajstić information content (AvgIpc) is 2.41. The predicted molar refractivity (Wildman–Crippen MR) is 76.3 cm³/mol. The molecule has 0 N–H and O–H groups in total. The Hall–Kier alpha value is -1.73. The number of carbonyl (C=O) groups excluding carboxylic acids is 2. The van der Waals surface area contributed by atoms with Gasteiger partial charge < -0.3 is 14.2 Å². The van der Waals surface area contributed by atoms with Gasteiger partial charge in [0.15, 0.2) is 0 Å². The summed E-state index contributed by atoms with van der Waals surface area (Å²) in [6.45, 7) is 4.39. The maximum absolute atomic E-state index is 11.3. The lowest BCUT2D eigenvalue weighted by Crippen LogP contribution is -2.55. The molecule has 1 heterocycles. The number of carbonyl (C=O) groups is 2. The monoisotopic (exact) mass is 297 g/mol. The van der Waals surface area contributed by atoms with Gasteiger partial charge in [-0.05, 0) is 11.4 Å². The Bertz CT molecular complexity index is 441. The highest BCUT2D eigenvalue weighted by Crippen LogP contribution is 2.32. The molecule has 0 saturated carbocycles. The summed E-state index contributed by atoms with van der Waals surface area (Å²) in [5.74, 6) is -1.06. The lowest BCUT2D eigenvalue weighted by atomic mass is 9.81. The second-order valence-corrected chi connectivity index (χ2v) is 5.05. The van der Waals surface area contributed by atoms with Crippen molar-refractivity contribution in [2.45, 2.75) is 51.4 Å². The van der Waals surface area contributed by atoms with Crippen LogP contribution in [0.4, 0.5) is 0 Å². The number of ether oxygens (including phenoxy) is 3. The van der Waals surface area contributed by atoms with Crippen LogP contribution in [-0.4, -0.2) is 50.7 Å². The molecule has 0 amide bonds. The van der Waals surface area contributed by atoms with Crippen molar-refractivity contribution < 1.29 is 23.8 Å². The molecule has 0 aromatic rings. The molecule has 21 heavy (non-hydrogen) atoms. The summed E-state index contributed by atoms with van der Waals surface area (Å²) < 4.78 is 16.1. The standard InChI is InChI=1S/C12H20BN3O5/c1-6-9(4-13)21-10(5-19-7(2)17)12(20-8(3)18)11(6)15-16-14/h6,9-12H,4-5,13H2,1-3H3/t6?,9-,10?,11-,12+/m1/s1. The summed E-state index contributed by atoms with van der Waals surface area (Å²) in [6, 6.07) is -0.557. The average molecular weight is 297 g/mol. The predicted octanol–water partition coefficient (Wildman–Crippen LogP) is 0.615. The van der Waals surface area contributed by atoms with Crippen LogP contribution in [0.5, 0.6) is 0 Å². The molecule has 5 atom stereocenters. The van der Waals surface area contributed by atoms with E-state index in [0.717, 1.165) is 0 Å². The van der Waals surface area contributed by atoms with E-state index in [0.29, 0.717) is 6.32 Å². The second-order valence-electron chi connectivity index (χ2n) is 5.05. The van der Waals surface area contributed by atoms with Gasteiger partial charge in [0.05, 0.1) is 12.1 Å². The topological polar surface area (TPSA) is 111 Å². The van der Waals surface area contributed by atoms with E-state index in [1.807, 2.05) is 14.8 Å². The van der Waals surface area contributed by atoms with Gasteiger partial charge in [-0.3, -0.25) is 9.59 Å². The summed E-state index contributed by atoms with van der Waals surface area (Å²) in [6.07, 6.45) is -0.861. The Morgan fingerprint density at radius 2 is 2.00 bits per heavy atom. The van der Waals surface area contributed by atoms with Crippen LogP contribution in [0.2, 0.25) is 6.32 Å². The summed E-state index contributed by atoms with van der Waals surface area (Å²) in [5, 5.41) is 3.76. The van der Waals surface area contributed by atoms with Gasteiger partial charge in [0.25, 0.3) is 0 Å². The molecule has 0 bridgehead atoms. The zero-order valence-corrected chi connectivity index (χ0v) is 12.7. The Morgan fingerprint density at radius 3 is 2.48 bits per heavy atom. The van der Waals surface area contributed by atoms with Crippen molar-refractivity contribution in [2.75, 3.05) is 6.61 Å². The fraction of sp³-hybridized carbons (Fsp3) is 0.833. The van der Waals surface area contributed by atoms with Crippen molar-refractivity contribution in [3.63, 3.8) is 0 Å². The maximum Gasteiger partial charge on any atom is 0.303 e. The minimum atomic E-state index is -0.768. The first kappa shape index (κ1) is 17.3. The molecule has 1 fully saturated rings. The summed E-state index contributed by atoms with van der Waals surface area (Å²) in [4.78, 5) is 25.1. The third-order valence-electron chi connectivity index (χ3n) is 3.52. The molecule has 9 heteroatoms. The number of hydrogen-bond donors (Lipinski definition) is 0. The molecule has 0 aliphatic carbocycles. The van der Waals surface area contributed by atoms with Crippen molar-refractivity contribution >= 4 is 19.8 Å². The van der Waals surface area contributed by atoms with Crippen LogP contribution in [-0.2, 0) is 23.8 Å². The van der Waals surface area contributed by atoms with E-state index in [2.05, 4.69) is 10.0 Å². The quantitative estimate of drug-likeness (QED) is 0.243. The molecule has 0 aromatic carbocycles.